The van der Waals surface area contributed by atoms with Gasteiger partial charge in [-0.25, -0.2) is 0 Å². The Hall–Kier alpha value is -8.96. The quantitative estimate of drug-likeness (QED) is 0.107. The van der Waals surface area contributed by atoms with Crippen LogP contribution in [-0.4, -0.2) is 21.8 Å². The standard InChI is InChI=1S/C66H45N3Si/c1-5-22-46(23-6-1)47-24-19-25-48(44-47)67-59-37-16-15-34-55(59)57-35-21-41-63(65(57)67)69-64-45-52(70(49-26-7-2-8-27-49,50-28-9-3-10-29-50)51-30-11-4-12-31-51)42-43-56(64)58-36-20-40-62(66(58)69)68-60-38-17-13-32-53(60)54-33-14-18-39-61(54)68/h1-45H. The van der Waals surface area contributed by atoms with Crippen molar-refractivity contribution in [2.45, 2.75) is 0 Å². The lowest BCUT2D eigenvalue weighted by Crippen LogP contribution is -2.74. The number of aromatic nitrogens is 3. The smallest absolute Gasteiger partial charge is 0.179 e. The summed E-state index contributed by atoms with van der Waals surface area (Å²) < 4.78 is 7.62. The summed E-state index contributed by atoms with van der Waals surface area (Å²) in [5.74, 6) is 0. The van der Waals surface area contributed by atoms with E-state index in [1.807, 2.05) is 0 Å². The molecule has 0 radical (unpaired) electrons. The van der Waals surface area contributed by atoms with Crippen molar-refractivity contribution in [1.82, 2.24) is 13.7 Å². The van der Waals surface area contributed by atoms with Crippen LogP contribution in [0.5, 0.6) is 0 Å². The molecule has 0 unspecified atom stereocenters. The van der Waals surface area contributed by atoms with Gasteiger partial charge in [-0.2, -0.15) is 0 Å². The predicted octanol–water partition coefficient (Wildman–Crippen LogP) is 14.0. The Morgan fingerprint density at radius 3 is 1.19 bits per heavy atom. The Kier molecular flexibility index (Phi) is 9.23. The van der Waals surface area contributed by atoms with Crippen LogP contribution in [0.3, 0.4) is 0 Å². The fourth-order valence-corrected chi connectivity index (χ4v) is 16.6. The van der Waals surface area contributed by atoms with Crippen LogP contribution in [0.15, 0.2) is 273 Å². The van der Waals surface area contributed by atoms with Gasteiger partial charge in [-0.15, -0.1) is 0 Å². The van der Waals surface area contributed by atoms with Gasteiger partial charge in [0, 0.05) is 38.0 Å². The Morgan fingerprint density at radius 2 is 0.629 bits per heavy atom. The fraction of sp³-hybridized carbons (Fsp3) is 0. The third-order valence-electron chi connectivity index (χ3n) is 14.8. The van der Waals surface area contributed by atoms with Crippen LogP contribution in [0, 0.1) is 0 Å². The number of fused-ring (bicyclic) bond motifs is 9. The molecule has 14 rings (SSSR count). The molecule has 0 saturated carbocycles. The molecule has 11 aromatic carbocycles. The summed E-state index contributed by atoms with van der Waals surface area (Å²) in [7, 11) is -2.94. The number of hydrogen-bond donors (Lipinski definition) is 0. The number of hydrogen-bond acceptors (Lipinski definition) is 0. The Labute approximate surface area is 407 Å². The highest BCUT2D eigenvalue weighted by Crippen LogP contribution is 2.43. The highest BCUT2D eigenvalue weighted by molar-refractivity contribution is 7.20. The van der Waals surface area contributed by atoms with Crippen molar-refractivity contribution in [1.29, 1.82) is 0 Å². The van der Waals surface area contributed by atoms with Gasteiger partial charge in [0.25, 0.3) is 0 Å². The summed E-state index contributed by atoms with van der Waals surface area (Å²) in [5.41, 5.74) is 12.8. The van der Waals surface area contributed by atoms with Crippen molar-refractivity contribution in [2.75, 3.05) is 0 Å². The lowest BCUT2D eigenvalue weighted by Gasteiger charge is -2.34. The van der Waals surface area contributed by atoms with E-state index in [2.05, 4.69) is 287 Å². The molecule has 0 spiro atoms. The molecule has 4 heteroatoms. The zero-order valence-corrected chi connectivity index (χ0v) is 39.3. The van der Waals surface area contributed by atoms with E-state index in [4.69, 9.17) is 0 Å². The average molecular weight is 908 g/mol. The molecular weight excluding hydrogens is 863 g/mol. The van der Waals surface area contributed by atoms with Crippen molar-refractivity contribution < 1.29 is 0 Å². The molecule has 3 nitrogen and oxygen atoms in total. The van der Waals surface area contributed by atoms with Crippen molar-refractivity contribution in [3.8, 4) is 28.2 Å². The van der Waals surface area contributed by atoms with Crippen molar-refractivity contribution in [2.24, 2.45) is 0 Å². The number of nitrogens with zero attached hydrogens (tertiary/aromatic N) is 3. The molecule has 0 amide bonds. The van der Waals surface area contributed by atoms with Gasteiger partial charge in [-0.3, -0.25) is 0 Å². The molecule has 3 aromatic heterocycles. The summed E-state index contributed by atoms with van der Waals surface area (Å²) in [6, 6.07) is 102. The van der Waals surface area contributed by atoms with Gasteiger partial charge in [0.2, 0.25) is 0 Å². The summed E-state index contributed by atoms with van der Waals surface area (Å²) in [4.78, 5) is 0. The van der Waals surface area contributed by atoms with E-state index in [0.717, 1.165) is 28.1 Å². The minimum absolute atomic E-state index is 1.12. The van der Waals surface area contributed by atoms with Gasteiger partial charge in [0.1, 0.15) is 0 Å². The average Bonchev–Trinajstić information content (AvgIpc) is 4.08. The Morgan fingerprint density at radius 1 is 0.229 bits per heavy atom. The van der Waals surface area contributed by atoms with Crippen LogP contribution in [-0.2, 0) is 0 Å². The largest absolute Gasteiger partial charge is 0.307 e. The van der Waals surface area contributed by atoms with E-state index in [-0.39, 0.29) is 0 Å². The first kappa shape index (κ1) is 40.1. The number of rotatable bonds is 8. The predicted molar refractivity (Wildman–Crippen MR) is 299 cm³/mol. The fourth-order valence-electron chi connectivity index (χ4n) is 11.9. The minimum atomic E-state index is -2.94. The first-order valence-electron chi connectivity index (χ1n) is 24.2. The summed E-state index contributed by atoms with van der Waals surface area (Å²) in [6.45, 7) is 0. The van der Waals surface area contributed by atoms with Gasteiger partial charge >= 0.3 is 0 Å². The lowest BCUT2D eigenvalue weighted by molar-refractivity contribution is 1.11. The normalized spacial score (nSPS) is 12.0. The van der Waals surface area contributed by atoms with Gasteiger partial charge in [0.15, 0.2) is 8.07 Å². The Balaban J connectivity index is 1.17. The molecule has 0 bridgehead atoms. The van der Waals surface area contributed by atoms with E-state index < -0.39 is 8.07 Å². The third kappa shape index (κ3) is 5.94. The van der Waals surface area contributed by atoms with Crippen LogP contribution >= 0.6 is 0 Å². The minimum Gasteiger partial charge on any atom is -0.307 e. The maximum Gasteiger partial charge on any atom is 0.179 e. The maximum atomic E-state index is 2.62. The van der Waals surface area contributed by atoms with Crippen LogP contribution in [0.1, 0.15) is 0 Å². The second-order valence-corrected chi connectivity index (χ2v) is 22.2. The van der Waals surface area contributed by atoms with Crippen LogP contribution in [0.25, 0.3) is 93.6 Å². The molecule has 0 fully saturated rings. The van der Waals surface area contributed by atoms with Crippen LogP contribution < -0.4 is 20.7 Å². The third-order valence-corrected chi connectivity index (χ3v) is 19.5. The van der Waals surface area contributed by atoms with E-state index in [0.29, 0.717) is 0 Å². The van der Waals surface area contributed by atoms with Crippen LogP contribution in [0.4, 0.5) is 0 Å². The van der Waals surface area contributed by atoms with Crippen molar-refractivity contribution in [3.63, 3.8) is 0 Å². The van der Waals surface area contributed by atoms with E-state index in [1.54, 1.807) is 0 Å². The first-order chi connectivity index (χ1) is 34.8. The lowest BCUT2D eigenvalue weighted by atomic mass is 10.1. The second-order valence-electron chi connectivity index (χ2n) is 18.4. The second kappa shape index (κ2) is 16.1. The molecule has 14 aromatic rings. The molecule has 0 atom stereocenters. The van der Waals surface area contributed by atoms with Crippen molar-refractivity contribution >= 4 is 94.2 Å². The molecule has 3 heterocycles. The van der Waals surface area contributed by atoms with E-state index >= 15 is 0 Å². The number of benzene rings is 11. The molecule has 0 aliphatic heterocycles. The first-order valence-corrected chi connectivity index (χ1v) is 26.2. The molecule has 0 aliphatic carbocycles. The SMILES string of the molecule is c1ccc(-c2cccc(-n3c4ccccc4c4cccc(-n5c6cc([Si](c7ccccc7)(c7ccccc7)c7ccccc7)ccc6c6cccc(-n7c8ccccc8c8ccccc87)c65)c43)c2)cc1. The summed E-state index contributed by atoms with van der Waals surface area (Å²) in [5, 5.41) is 12.7. The zero-order chi connectivity index (χ0) is 46.2. The molecule has 0 saturated heterocycles. The highest BCUT2D eigenvalue weighted by Gasteiger charge is 2.42. The van der Waals surface area contributed by atoms with E-state index in [9.17, 15) is 0 Å². The molecule has 70 heavy (non-hydrogen) atoms. The van der Waals surface area contributed by atoms with E-state index in [1.165, 1.54) is 86.3 Å². The monoisotopic (exact) mass is 907 g/mol. The van der Waals surface area contributed by atoms with Crippen LogP contribution in [0.2, 0.25) is 0 Å². The van der Waals surface area contributed by atoms with Crippen molar-refractivity contribution in [3.05, 3.63) is 273 Å². The van der Waals surface area contributed by atoms with Gasteiger partial charge in [0.05, 0.1) is 44.5 Å². The number of para-hydroxylation sites is 5. The topological polar surface area (TPSA) is 14.8 Å². The summed E-state index contributed by atoms with van der Waals surface area (Å²) >= 11 is 0. The molecule has 328 valence electrons. The zero-order valence-electron chi connectivity index (χ0n) is 38.3. The molecule has 0 aliphatic rings. The van der Waals surface area contributed by atoms with Gasteiger partial charge in [-0.05, 0) is 80.4 Å². The highest BCUT2D eigenvalue weighted by atomic mass is 28.3. The van der Waals surface area contributed by atoms with Gasteiger partial charge in [-0.1, -0.05) is 224 Å². The maximum absolute atomic E-state index is 2.94. The molecular formula is C66H45N3Si. The summed E-state index contributed by atoms with van der Waals surface area (Å²) in [6.07, 6.45) is 0. The Bertz CT molecular complexity index is 4130. The molecule has 0 N–H and O–H groups in total. The van der Waals surface area contributed by atoms with Gasteiger partial charge < -0.3 is 13.7 Å².